The van der Waals surface area contributed by atoms with Gasteiger partial charge in [0, 0.05) is 18.5 Å². The third kappa shape index (κ3) is 3.08. The fraction of sp³-hybridized carbons (Fsp3) is 0.154. The summed E-state index contributed by atoms with van der Waals surface area (Å²) in [4.78, 5) is 40.3. The van der Waals surface area contributed by atoms with Crippen LogP contribution >= 0.6 is 0 Å². The molecule has 114 valence electrons. The monoisotopic (exact) mass is 305 g/mol. The van der Waals surface area contributed by atoms with Crippen molar-refractivity contribution >= 4 is 17.6 Å². The molecule has 9 heteroatoms. The molecule has 1 unspecified atom stereocenters. The summed E-state index contributed by atoms with van der Waals surface area (Å²) >= 11 is 0. The highest BCUT2D eigenvalue weighted by atomic mass is 16.6. The van der Waals surface area contributed by atoms with Gasteiger partial charge in [-0.3, -0.25) is 10.1 Å². The van der Waals surface area contributed by atoms with E-state index in [2.05, 4.69) is 14.7 Å². The van der Waals surface area contributed by atoms with Crippen molar-refractivity contribution < 1.29 is 24.0 Å². The number of methoxy groups -OCH3 is 1. The highest BCUT2D eigenvalue weighted by Gasteiger charge is 2.32. The topological polar surface area (TPSA) is 124 Å². The fourth-order valence-corrected chi connectivity index (χ4v) is 1.76. The summed E-state index contributed by atoms with van der Waals surface area (Å²) in [7, 11) is 1.09. The normalized spacial score (nSPS) is 11.5. The van der Waals surface area contributed by atoms with E-state index in [1.807, 2.05) is 0 Å². The van der Waals surface area contributed by atoms with Gasteiger partial charge in [-0.25, -0.2) is 14.6 Å². The fourth-order valence-electron chi connectivity index (χ4n) is 1.76. The molecule has 1 aromatic carbocycles. The molecule has 0 saturated heterocycles. The number of hydrogen-bond donors (Lipinski definition) is 1. The van der Waals surface area contributed by atoms with Crippen molar-refractivity contribution in [2.75, 3.05) is 7.11 Å². The Morgan fingerprint density at radius 1 is 1.36 bits per heavy atom. The Kier molecular flexibility index (Phi) is 4.47. The lowest BCUT2D eigenvalue weighted by molar-refractivity contribution is -0.386. The number of rotatable bonds is 5. The first-order chi connectivity index (χ1) is 10.5. The number of carbonyl (C=O) groups excluding carboxylic acids is 2. The number of hydrogen-bond acceptors (Lipinski definition) is 7. The molecule has 1 N–H and O–H groups in total. The largest absolute Gasteiger partial charge is 0.466 e. The van der Waals surface area contributed by atoms with Crippen molar-refractivity contribution in [1.82, 2.24) is 9.97 Å². The maximum Gasteiger partial charge on any atom is 0.375 e. The van der Waals surface area contributed by atoms with Gasteiger partial charge in [0.2, 0.25) is 11.9 Å². The molecular formula is C13H11N3O6. The van der Waals surface area contributed by atoms with Crippen LogP contribution in [0.1, 0.15) is 22.3 Å². The summed E-state index contributed by atoms with van der Waals surface area (Å²) in [5.41, 5.74) is -0.440. The van der Waals surface area contributed by atoms with Gasteiger partial charge in [-0.1, -0.05) is 12.1 Å². The SMILES string of the molecule is COC(=O)C(OC(=O)c1ncc[nH]1)c1ccccc1[N+](=O)[O-]. The van der Waals surface area contributed by atoms with E-state index in [9.17, 15) is 19.7 Å². The molecule has 0 aliphatic heterocycles. The van der Waals surface area contributed by atoms with Crippen LogP contribution in [0.2, 0.25) is 0 Å². The summed E-state index contributed by atoms with van der Waals surface area (Å²) in [6.07, 6.45) is 1.16. The number of esters is 2. The molecule has 0 fully saturated rings. The molecule has 1 atom stereocenters. The number of nitro benzene ring substituents is 1. The van der Waals surface area contributed by atoms with Crippen molar-refractivity contribution in [3.05, 3.63) is 58.2 Å². The molecule has 0 saturated carbocycles. The highest BCUT2D eigenvalue weighted by Crippen LogP contribution is 2.28. The third-order valence-electron chi connectivity index (χ3n) is 2.75. The Labute approximate surface area is 124 Å². The Morgan fingerprint density at radius 3 is 2.68 bits per heavy atom. The van der Waals surface area contributed by atoms with Gasteiger partial charge in [0.25, 0.3) is 5.69 Å². The number of benzene rings is 1. The van der Waals surface area contributed by atoms with E-state index in [4.69, 9.17) is 4.74 Å². The van der Waals surface area contributed by atoms with Gasteiger partial charge in [0.1, 0.15) is 0 Å². The quantitative estimate of drug-likeness (QED) is 0.502. The molecule has 0 amide bonds. The van der Waals surface area contributed by atoms with Crippen LogP contribution in [-0.2, 0) is 14.3 Å². The minimum absolute atomic E-state index is 0.0840. The average molecular weight is 305 g/mol. The van der Waals surface area contributed by atoms with Crippen molar-refractivity contribution in [2.24, 2.45) is 0 Å². The molecule has 0 bridgehead atoms. The van der Waals surface area contributed by atoms with Crippen molar-refractivity contribution in [3.63, 3.8) is 0 Å². The Morgan fingerprint density at radius 2 is 2.09 bits per heavy atom. The molecule has 2 rings (SSSR count). The lowest BCUT2D eigenvalue weighted by Crippen LogP contribution is -2.22. The molecular weight excluding hydrogens is 294 g/mol. The van der Waals surface area contributed by atoms with E-state index in [1.165, 1.54) is 36.7 Å². The summed E-state index contributed by atoms with van der Waals surface area (Å²) in [6.45, 7) is 0. The van der Waals surface area contributed by atoms with Crippen molar-refractivity contribution in [3.8, 4) is 0 Å². The van der Waals surface area contributed by atoms with Gasteiger partial charge in [-0.15, -0.1) is 0 Å². The number of imidazole rings is 1. The van der Waals surface area contributed by atoms with Crippen LogP contribution in [0.3, 0.4) is 0 Å². The minimum Gasteiger partial charge on any atom is -0.466 e. The predicted octanol–water partition coefficient (Wildman–Crippen LogP) is 1.39. The second kappa shape index (κ2) is 6.48. The van der Waals surface area contributed by atoms with Crippen LogP contribution in [0.4, 0.5) is 5.69 Å². The predicted molar refractivity (Wildman–Crippen MR) is 71.9 cm³/mol. The van der Waals surface area contributed by atoms with E-state index >= 15 is 0 Å². The van der Waals surface area contributed by atoms with Gasteiger partial charge < -0.3 is 14.5 Å². The van der Waals surface area contributed by atoms with Gasteiger partial charge in [-0.2, -0.15) is 0 Å². The van der Waals surface area contributed by atoms with Crippen LogP contribution in [0.15, 0.2) is 36.7 Å². The molecule has 0 radical (unpaired) electrons. The smallest absolute Gasteiger partial charge is 0.375 e. The first kappa shape index (κ1) is 15.2. The molecule has 1 heterocycles. The van der Waals surface area contributed by atoms with Crippen LogP contribution in [0.25, 0.3) is 0 Å². The summed E-state index contributed by atoms with van der Waals surface area (Å²) in [6, 6.07) is 5.43. The number of H-pyrrole nitrogens is 1. The van der Waals surface area contributed by atoms with E-state index in [-0.39, 0.29) is 17.1 Å². The maximum absolute atomic E-state index is 11.9. The van der Waals surface area contributed by atoms with Crippen molar-refractivity contribution in [2.45, 2.75) is 6.10 Å². The second-order valence-electron chi connectivity index (χ2n) is 4.06. The number of nitrogens with zero attached hydrogens (tertiary/aromatic N) is 2. The number of aromatic nitrogens is 2. The van der Waals surface area contributed by atoms with E-state index in [0.29, 0.717) is 0 Å². The summed E-state index contributed by atoms with van der Waals surface area (Å²) in [5, 5.41) is 11.0. The summed E-state index contributed by atoms with van der Waals surface area (Å²) in [5.74, 6) is -2.00. The highest BCUT2D eigenvalue weighted by molar-refractivity contribution is 5.88. The number of para-hydroxylation sites is 1. The minimum atomic E-state index is -1.57. The maximum atomic E-state index is 11.9. The Balaban J connectivity index is 2.37. The molecule has 22 heavy (non-hydrogen) atoms. The van der Waals surface area contributed by atoms with E-state index in [0.717, 1.165) is 7.11 Å². The van der Waals surface area contributed by atoms with Crippen LogP contribution in [0.5, 0.6) is 0 Å². The first-order valence-corrected chi connectivity index (χ1v) is 6.06. The lowest BCUT2D eigenvalue weighted by Gasteiger charge is -2.15. The van der Waals surface area contributed by atoms with E-state index in [1.54, 1.807) is 0 Å². The first-order valence-electron chi connectivity index (χ1n) is 6.06. The molecule has 9 nitrogen and oxygen atoms in total. The van der Waals surface area contributed by atoms with Gasteiger partial charge in [0.15, 0.2) is 0 Å². The Hall–Kier alpha value is -3.23. The van der Waals surface area contributed by atoms with Crippen molar-refractivity contribution in [1.29, 1.82) is 0 Å². The number of nitrogens with one attached hydrogen (secondary N) is 1. The number of nitro groups is 1. The molecule has 1 aromatic heterocycles. The third-order valence-corrected chi connectivity index (χ3v) is 2.75. The number of ether oxygens (including phenoxy) is 2. The number of carbonyl (C=O) groups is 2. The number of aromatic amines is 1. The lowest BCUT2D eigenvalue weighted by atomic mass is 10.1. The zero-order chi connectivity index (χ0) is 16.1. The molecule has 0 spiro atoms. The molecule has 0 aliphatic carbocycles. The standard InChI is InChI=1S/C13H11N3O6/c1-21-12(17)10(22-13(18)11-14-6-7-15-11)8-4-2-3-5-9(8)16(19)20/h2-7,10H,1H3,(H,14,15). The Bertz CT molecular complexity index is 698. The zero-order valence-electron chi connectivity index (χ0n) is 11.4. The molecule has 0 aliphatic rings. The van der Waals surface area contributed by atoms with Crippen LogP contribution < -0.4 is 0 Å². The van der Waals surface area contributed by atoms with Gasteiger partial charge in [0.05, 0.1) is 17.6 Å². The average Bonchev–Trinajstić information content (AvgIpc) is 3.06. The molecule has 2 aromatic rings. The van der Waals surface area contributed by atoms with Gasteiger partial charge >= 0.3 is 11.9 Å². The van der Waals surface area contributed by atoms with E-state index < -0.39 is 23.0 Å². The van der Waals surface area contributed by atoms with Gasteiger partial charge in [-0.05, 0) is 6.07 Å². The summed E-state index contributed by atoms with van der Waals surface area (Å²) < 4.78 is 9.56. The van der Waals surface area contributed by atoms with Crippen LogP contribution in [0, 0.1) is 10.1 Å². The zero-order valence-corrected chi connectivity index (χ0v) is 11.4. The van der Waals surface area contributed by atoms with Crippen LogP contribution in [-0.4, -0.2) is 33.9 Å². The second-order valence-corrected chi connectivity index (χ2v) is 4.06.